The molecule has 0 bridgehead atoms. The summed E-state index contributed by atoms with van der Waals surface area (Å²) in [6, 6.07) is 0.744. The van der Waals surface area contributed by atoms with Crippen molar-refractivity contribution in [2.24, 2.45) is 0 Å². The molecule has 50 valence electrons. The number of rotatable bonds is 0. The van der Waals surface area contributed by atoms with Crippen LogP contribution in [0.4, 0.5) is 0 Å². The van der Waals surface area contributed by atoms with Crippen molar-refractivity contribution in [2.45, 2.75) is 19.0 Å². The maximum atomic E-state index is 5.21. The fourth-order valence-corrected chi connectivity index (χ4v) is 1.01. The SMILES string of the molecule is C#C[C@@H]1CNC[C@@H](C)N1. The maximum Gasteiger partial charge on any atom is 0.0815 e. The van der Waals surface area contributed by atoms with Crippen LogP contribution in [0.2, 0.25) is 0 Å². The molecule has 1 aliphatic heterocycles. The third-order valence-corrected chi connectivity index (χ3v) is 1.49. The zero-order chi connectivity index (χ0) is 6.69. The van der Waals surface area contributed by atoms with Crippen molar-refractivity contribution in [2.75, 3.05) is 13.1 Å². The van der Waals surface area contributed by atoms with Crippen molar-refractivity contribution < 1.29 is 0 Å². The Hall–Kier alpha value is -0.520. The van der Waals surface area contributed by atoms with Gasteiger partial charge >= 0.3 is 0 Å². The van der Waals surface area contributed by atoms with Gasteiger partial charge in [0.05, 0.1) is 6.04 Å². The smallest absolute Gasteiger partial charge is 0.0815 e. The van der Waals surface area contributed by atoms with E-state index < -0.39 is 0 Å². The molecule has 0 unspecified atom stereocenters. The summed E-state index contributed by atoms with van der Waals surface area (Å²) < 4.78 is 0. The summed E-state index contributed by atoms with van der Waals surface area (Å²) >= 11 is 0. The van der Waals surface area contributed by atoms with E-state index in [4.69, 9.17) is 6.42 Å². The van der Waals surface area contributed by atoms with Crippen LogP contribution in [0.1, 0.15) is 6.92 Å². The van der Waals surface area contributed by atoms with Crippen LogP contribution in [-0.4, -0.2) is 25.2 Å². The zero-order valence-electron chi connectivity index (χ0n) is 5.65. The molecule has 9 heavy (non-hydrogen) atoms. The van der Waals surface area contributed by atoms with Crippen molar-refractivity contribution in [1.29, 1.82) is 0 Å². The summed E-state index contributed by atoms with van der Waals surface area (Å²) in [4.78, 5) is 0. The van der Waals surface area contributed by atoms with Gasteiger partial charge in [0.15, 0.2) is 0 Å². The van der Waals surface area contributed by atoms with Crippen LogP contribution in [0.5, 0.6) is 0 Å². The van der Waals surface area contributed by atoms with E-state index in [0.717, 1.165) is 13.1 Å². The first-order chi connectivity index (χ1) is 4.33. The first-order valence-electron chi connectivity index (χ1n) is 3.26. The highest BCUT2D eigenvalue weighted by molar-refractivity contribution is 5.02. The third-order valence-electron chi connectivity index (χ3n) is 1.49. The molecule has 1 heterocycles. The fraction of sp³-hybridized carbons (Fsp3) is 0.714. The van der Waals surface area contributed by atoms with Gasteiger partial charge in [-0.1, -0.05) is 5.92 Å². The lowest BCUT2D eigenvalue weighted by Crippen LogP contribution is -2.52. The number of hydrogen-bond donors (Lipinski definition) is 2. The Bertz CT molecular complexity index is 125. The molecule has 2 heteroatoms. The van der Waals surface area contributed by atoms with E-state index in [1.54, 1.807) is 0 Å². The lowest BCUT2D eigenvalue weighted by Gasteiger charge is -2.25. The Kier molecular flexibility index (Phi) is 2.10. The highest BCUT2D eigenvalue weighted by Gasteiger charge is 2.13. The number of hydrogen-bond acceptors (Lipinski definition) is 2. The molecule has 2 N–H and O–H groups in total. The molecule has 2 atom stereocenters. The molecular formula is C7H12N2. The molecule has 1 saturated heterocycles. The number of nitrogens with one attached hydrogen (secondary N) is 2. The van der Waals surface area contributed by atoms with Crippen molar-refractivity contribution in [3.63, 3.8) is 0 Å². The first-order valence-corrected chi connectivity index (χ1v) is 3.26. The van der Waals surface area contributed by atoms with Crippen molar-refractivity contribution in [3.05, 3.63) is 0 Å². The van der Waals surface area contributed by atoms with Gasteiger partial charge in [0.2, 0.25) is 0 Å². The Labute approximate surface area is 56.0 Å². The summed E-state index contributed by atoms with van der Waals surface area (Å²) in [5, 5.41) is 6.50. The minimum absolute atomic E-state index is 0.230. The van der Waals surface area contributed by atoms with Gasteiger partial charge in [0.25, 0.3) is 0 Å². The second-order valence-electron chi connectivity index (χ2n) is 2.45. The van der Waals surface area contributed by atoms with E-state index in [1.807, 2.05) is 0 Å². The zero-order valence-corrected chi connectivity index (χ0v) is 5.65. The highest BCUT2D eigenvalue weighted by Crippen LogP contribution is 1.90. The summed E-state index contributed by atoms with van der Waals surface area (Å²) in [6.07, 6.45) is 5.21. The number of terminal acetylenes is 1. The van der Waals surface area contributed by atoms with Crippen LogP contribution >= 0.6 is 0 Å². The van der Waals surface area contributed by atoms with Crippen LogP contribution in [0.3, 0.4) is 0 Å². The second-order valence-corrected chi connectivity index (χ2v) is 2.45. The van der Waals surface area contributed by atoms with E-state index in [-0.39, 0.29) is 6.04 Å². The Morgan fingerprint density at radius 1 is 1.56 bits per heavy atom. The van der Waals surface area contributed by atoms with Gasteiger partial charge in [-0.2, -0.15) is 0 Å². The van der Waals surface area contributed by atoms with Gasteiger partial charge in [-0.05, 0) is 6.92 Å². The quantitative estimate of drug-likeness (QED) is 0.428. The minimum atomic E-state index is 0.230. The minimum Gasteiger partial charge on any atom is -0.313 e. The Balaban J connectivity index is 2.34. The predicted octanol–water partition coefficient (Wildman–Crippen LogP) is -0.431. The average molecular weight is 124 g/mol. The van der Waals surface area contributed by atoms with Crippen LogP contribution < -0.4 is 10.6 Å². The van der Waals surface area contributed by atoms with Gasteiger partial charge in [-0.25, -0.2) is 0 Å². The molecule has 1 rings (SSSR count). The van der Waals surface area contributed by atoms with E-state index in [9.17, 15) is 0 Å². The molecule has 1 fully saturated rings. The third kappa shape index (κ3) is 1.70. The molecule has 0 radical (unpaired) electrons. The molecule has 0 aliphatic carbocycles. The second kappa shape index (κ2) is 2.86. The summed E-state index contributed by atoms with van der Waals surface area (Å²) in [7, 11) is 0. The van der Waals surface area contributed by atoms with Crippen molar-refractivity contribution in [3.8, 4) is 12.3 Å². The van der Waals surface area contributed by atoms with E-state index in [0.29, 0.717) is 6.04 Å². The maximum absolute atomic E-state index is 5.21. The predicted molar refractivity (Wildman–Crippen MR) is 38.1 cm³/mol. The van der Waals surface area contributed by atoms with E-state index >= 15 is 0 Å². The molecule has 0 spiro atoms. The topological polar surface area (TPSA) is 24.1 Å². The monoisotopic (exact) mass is 124 g/mol. The van der Waals surface area contributed by atoms with Gasteiger partial charge in [-0.15, -0.1) is 6.42 Å². The van der Waals surface area contributed by atoms with Crippen LogP contribution in [0, 0.1) is 12.3 Å². The average Bonchev–Trinajstić information content (AvgIpc) is 1.88. The molecule has 0 aromatic heterocycles. The summed E-state index contributed by atoms with van der Waals surface area (Å²) in [5.74, 6) is 2.66. The van der Waals surface area contributed by atoms with Crippen LogP contribution in [0.25, 0.3) is 0 Å². The van der Waals surface area contributed by atoms with Gasteiger partial charge < -0.3 is 5.32 Å². The van der Waals surface area contributed by atoms with Crippen molar-refractivity contribution >= 4 is 0 Å². The molecule has 0 amide bonds. The summed E-state index contributed by atoms with van der Waals surface area (Å²) in [6.45, 7) is 4.05. The van der Waals surface area contributed by atoms with Gasteiger partial charge in [0.1, 0.15) is 0 Å². The molecule has 0 saturated carbocycles. The summed E-state index contributed by atoms with van der Waals surface area (Å²) in [5.41, 5.74) is 0. The largest absolute Gasteiger partial charge is 0.313 e. The normalized spacial score (nSPS) is 35.6. The Morgan fingerprint density at radius 2 is 2.33 bits per heavy atom. The van der Waals surface area contributed by atoms with E-state index in [1.165, 1.54) is 0 Å². The molecule has 0 aromatic rings. The van der Waals surface area contributed by atoms with E-state index in [2.05, 4.69) is 23.5 Å². The Morgan fingerprint density at radius 3 is 2.78 bits per heavy atom. The fourth-order valence-electron chi connectivity index (χ4n) is 1.01. The number of piperazine rings is 1. The van der Waals surface area contributed by atoms with Gasteiger partial charge in [-0.3, -0.25) is 5.32 Å². The lowest BCUT2D eigenvalue weighted by molar-refractivity contribution is 0.400. The van der Waals surface area contributed by atoms with Gasteiger partial charge in [0, 0.05) is 19.1 Å². The van der Waals surface area contributed by atoms with Crippen LogP contribution in [-0.2, 0) is 0 Å². The first kappa shape index (κ1) is 6.60. The van der Waals surface area contributed by atoms with Crippen molar-refractivity contribution in [1.82, 2.24) is 10.6 Å². The highest BCUT2D eigenvalue weighted by atomic mass is 15.1. The molecular weight excluding hydrogens is 112 g/mol. The molecule has 1 aliphatic rings. The molecule has 0 aromatic carbocycles. The lowest BCUT2D eigenvalue weighted by atomic mass is 10.2. The standard InChI is InChI=1S/C7H12N2/c1-3-7-5-8-4-6(2)9-7/h1,6-9H,4-5H2,2H3/t6-,7-/m1/s1. The van der Waals surface area contributed by atoms with Crippen LogP contribution in [0.15, 0.2) is 0 Å². The molecule has 2 nitrogen and oxygen atoms in total.